The molecule has 4 nitrogen and oxygen atoms in total. The summed E-state index contributed by atoms with van der Waals surface area (Å²) in [5.41, 5.74) is 1.32. The van der Waals surface area contributed by atoms with Crippen LogP contribution in [0.4, 0.5) is 0 Å². The number of hydrogen-bond acceptors (Lipinski definition) is 3. The van der Waals surface area contributed by atoms with E-state index in [1.165, 1.54) is 23.3 Å². The Bertz CT molecular complexity index is 681. The van der Waals surface area contributed by atoms with Crippen LogP contribution in [0.3, 0.4) is 0 Å². The first kappa shape index (κ1) is 16.0. The molecule has 0 bridgehead atoms. The number of nitrogens with one attached hydrogen (secondary N) is 1. The van der Waals surface area contributed by atoms with Crippen molar-refractivity contribution in [2.75, 3.05) is 13.1 Å². The van der Waals surface area contributed by atoms with Gasteiger partial charge in [0.15, 0.2) is 0 Å². The van der Waals surface area contributed by atoms with Gasteiger partial charge in [-0.25, -0.2) is 0 Å². The molecule has 2 aromatic rings. The van der Waals surface area contributed by atoms with Gasteiger partial charge >= 0.3 is 0 Å². The monoisotopic (exact) mass is 312 g/mol. The van der Waals surface area contributed by atoms with Crippen molar-refractivity contribution in [3.63, 3.8) is 0 Å². The van der Waals surface area contributed by atoms with Gasteiger partial charge in [0.25, 0.3) is 0 Å². The van der Waals surface area contributed by atoms with Crippen LogP contribution < -0.4 is 5.32 Å². The molecular formula is C19H24N2O2. The topological polar surface area (TPSA) is 52.6 Å². The van der Waals surface area contributed by atoms with Crippen LogP contribution >= 0.6 is 0 Å². The Morgan fingerprint density at radius 3 is 2.74 bits per heavy atom. The number of benzene rings is 2. The van der Waals surface area contributed by atoms with E-state index in [1.54, 1.807) is 0 Å². The van der Waals surface area contributed by atoms with Crippen LogP contribution in [0.1, 0.15) is 25.3 Å². The maximum atomic E-state index is 11.3. The summed E-state index contributed by atoms with van der Waals surface area (Å²) in [4.78, 5) is 13.6. The van der Waals surface area contributed by atoms with E-state index in [0.717, 1.165) is 26.1 Å². The highest BCUT2D eigenvalue weighted by atomic mass is 16.3. The third-order valence-electron chi connectivity index (χ3n) is 4.62. The molecule has 1 aliphatic rings. The number of carbonyl (C=O) groups is 1. The van der Waals surface area contributed by atoms with Gasteiger partial charge in [-0.3, -0.25) is 9.69 Å². The third-order valence-corrected chi connectivity index (χ3v) is 4.62. The van der Waals surface area contributed by atoms with Crippen LogP contribution in [0.25, 0.3) is 10.8 Å². The molecule has 23 heavy (non-hydrogen) atoms. The van der Waals surface area contributed by atoms with Crippen molar-refractivity contribution in [2.45, 2.75) is 38.5 Å². The lowest BCUT2D eigenvalue weighted by molar-refractivity contribution is -0.120. The molecule has 0 spiro atoms. The molecule has 2 atom stereocenters. The first-order valence-electron chi connectivity index (χ1n) is 8.27. The number of rotatable bonds is 3. The SMILES string of the molecule is CC(=O)N[C@H]1CCN(Cc2cccc3ccccc23)CC[C@@H]1O. The molecule has 2 aromatic carbocycles. The average molecular weight is 312 g/mol. The third kappa shape index (κ3) is 3.89. The maximum Gasteiger partial charge on any atom is 0.217 e. The molecule has 0 radical (unpaired) electrons. The average Bonchev–Trinajstić information content (AvgIpc) is 2.71. The van der Waals surface area contributed by atoms with Gasteiger partial charge in [0, 0.05) is 26.6 Å². The highest BCUT2D eigenvalue weighted by molar-refractivity contribution is 5.85. The van der Waals surface area contributed by atoms with Crippen LogP contribution in [0, 0.1) is 0 Å². The molecule has 0 aromatic heterocycles. The zero-order valence-corrected chi connectivity index (χ0v) is 13.5. The lowest BCUT2D eigenvalue weighted by Gasteiger charge is -2.21. The second-order valence-electron chi connectivity index (χ2n) is 6.37. The lowest BCUT2D eigenvalue weighted by atomic mass is 10.0. The fourth-order valence-electron chi connectivity index (χ4n) is 3.40. The molecule has 1 fully saturated rings. The Morgan fingerprint density at radius 1 is 1.17 bits per heavy atom. The van der Waals surface area contributed by atoms with Gasteiger partial charge in [-0.05, 0) is 29.2 Å². The molecule has 1 aliphatic heterocycles. The Hall–Kier alpha value is -1.91. The van der Waals surface area contributed by atoms with Crippen molar-refractivity contribution in [3.05, 3.63) is 48.0 Å². The standard InChI is InChI=1S/C19H24N2O2/c1-14(22)20-18-9-11-21(12-10-19(18)23)13-16-7-4-6-15-5-2-3-8-17(15)16/h2-8,18-19,23H,9-13H2,1H3,(H,20,22)/t18-,19-/m0/s1. The summed E-state index contributed by atoms with van der Waals surface area (Å²) in [6, 6.07) is 14.7. The van der Waals surface area contributed by atoms with E-state index >= 15 is 0 Å². The second-order valence-corrected chi connectivity index (χ2v) is 6.37. The second kappa shape index (κ2) is 7.11. The number of amides is 1. The van der Waals surface area contributed by atoms with Crippen molar-refractivity contribution in [1.82, 2.24) is 10.2 Å². The fourth-order valence-corrected chi connectivity index (χ4v) is 3.40. The van der Waals surface area contributed by atoms with Crippen molar-refractivity contribution in [3.8, 4) is 0 Å². The molecule has 1 saturated heterocycles. The highest BCUT2D eigenvalue weighted by Crippen LogP contribution is 2.21. The van der Waals surface area contributed by atoms with Crippen LogP contribution in [0.15, 0.2) is 42.5 Å². The number of likely N-dealkylation sites (tertiary alicyclic amines) is 1. The molecule has 0 saturated carbocycles. The fraction of sp³-hybridized carbons (Fsp3) is 0.421. The number of aliphatic hydroxyl groups excluding tert-OH is 1. The molecule has 0 aliphatic carbocycles. The first-order chi connectivity index (χ1) is 11.1. The summed E-state index contributed by atoms with van der Waals surface area (Å²) in [5, 5.41) is 15.6. The van der Waals surface area contributed by atoms with Crippen LogP contribution in [0.5, 0.6) is 0 Å². The zero-order valence-electron chi connectivity index (χ0n) is 13.5. The minimum Gasteiger partial charge on any atom is -0.391 e. The van der Waals surface area contributed by atoms with E-state index in [4.69, 9.17) is 0 Å². The van der Waals surface area contributed by atoms with E-state index in [2.05, 4.69) is 52.7 Å². The molecule has 1 heterocycles. The van der Waals surface area contributed by atoms with E-state index in [-0.39, 0.29) is 11.9 Å². The number of aliphatic hydroxyl groups is 1. The summed E-state index contributed by atoms with van der Waals surface area (Å²) < 4.78 is 0. The molecule has 0 unspecified atom stereocenters. The number of nitrogens with zero attached hydrogens (tertiary/aromatic N) is 1. The minimum atomic E-state index is -0.462. The first-order valence-corrected chi connectivity index (χ1v) is 8.27. The van der Waals surface area contributed by atoms with E-state index < -0.39 is 6.10 Å². The van der Waals surface area contributed by atoms with Crippen molar-refractivity contribution >= 4 is 16.7 Å². The van der Waals surface area contributed by atoms with Gasteiger partial charge in [-0.2, -0.15) is 0 Å². The largest absolute Gasteiger partial charge is 0.391 e. The highest BCUT2D eigenvalue weighted by Gasteiger charge is 2.25. The van der Waals surface area contributed by atoms with Crippen molar-refractivity contribution < 1.29 is 9.90 Å². The van der Waals surface area contributed by atoms with Crippen molar-refractivity contribution in [2.24, 2.45) is 0 Å². The molecule has 1 amide bonds. The number of hydrogen-bond donors (Lipinski definition) is 2. The Balaban J connectivity index is 1.72. The van der Waals surface area contributed by atoms with E-state index in [9.17, 15) is 9.90 Å². The summed E-state index contributed by atoms with van der Waals surface area (Å²) >= 11 is 0. The normalized spacial score (nSPS) is 22.7. The lowest BCUT2D eigenvalue weighted by Crippen LogP contribution is -2.42. The summed E-state index contributed by atoms with van der Waals surface area (Å²) in [6.45, 7) is 4.11. The summed E-state index contributed by atoms with van der Waals surface area (Å²) in [7, 11) is 0. The van der Waals surface area contributed by atoms with Crippen molar-refractivity contribution in [1.29, 1.82) is 0 Å². The van der Waals surface area contributed by atoms with Gasteiger partial charge in [-0.1, -0.05) is 42.5 Å². The summed E-state index contributed by atoms with van der Waals surface area (Å²) in [6.07, 6.45) is 1.01. The van der Waals surface area contributed by atoms with Crippen LogP contribution in [-0.2, 0) is 11.3 Å². The van der Waals surface area contributed by atoms with Gasteiger partial charge in [-0.15, -0.1) is 0 Å². The van der Waals surface area contributed by atoms with Crippen LogP contribution in [0.2, 0.25) is 0 Å². The number of carbonyl (C=O) groups excluding carboxylic acids is 1. The number of fused-ring (bicyclic) bond motifs is 1. The zero-order chi connectivity index (χ0) is 16.2. The molecule has 122 valence electrons. The molecule has 4 heteroatoms. The molecular weight excluding hydrogens is 288 g/mol. The summed E-state index contributed by atoms with van der Waals surface area (Å²) in [5.74, 6) is -0.0726. The van der Waals surface area contributed by atoms with E-state index in [0.29, 0.717) is 6.42 Å². The van der Waals surface area contributed by atoms with Gasteiger partial charge in [0.05, 0.1) is 12.1 Å². The smallest absolute Gasteiger partial charge is 0.217 e. The van der Waals surface area contributed by atoms with E-state index in [1.807, 2.05) is 0 Å². The quantitative estimate of drug-likeness (QED) is 0.914. The van der Waals surface area contributed by atoms with Gasteiger partial charge < -0.3 is 10.4 Å². The maximum absolute atomic E-state index is 11.3. The Morgan fingerprint density at radius 2 is 1.91 bits per heavy atom. The van der Waals surface area contributed by atoms with Crippen LogP contribution in [-0.4, -0.2) is 41.1 Å². The minimum absolute atomic E-state index is 0.0726. The molecule has 3 rings (SSSR count). The predicted octanol–water partition coefficient (Wildman–Crippen LogP) is 2.30. The Kier molecular flexibility index (Phi) is 4.94. The van der Waals surface area contributed by atoms with Gasteiger partial charge in [0.2, 0.25) is 5.91 Å². The predicted molar refractivity (Wildman–Crippen MR) is 92.1 cm³/mol. The molecule has 2 N–H and O–H groups in total. The van der Waals surface area contributed by atoms with Gasteiger partial charge in [0.1, 0.15) is 0 Å². The Labute approximate surface area is 137 Å².